The van der Waals surface area contributed by atoms with Crippen LogP contribution in [0.25, 0.3) is 21.3 Å². The molecule has 0 bridgehead atoms. The van der Waals surface area contributed by atoms with Crippen LogP contribution in [-0.2, 0) is 12.1 Å². The minimum Gasteiger partial charge on any atom is -0.385 e. The van der Waals surface area contributed by atoms with Crippen molar-refractivity contribution in [1.29, 1.82) is 0 Å². The number of nitrogens with one attached hydrogen (secondary N) is 1. The maximum Gasteiger partial charge on any atom is 0.255 e. The van der Waals surface area contributed by atoms with Gasteiger partial charge in [-0.1, -0.05) is 66.7 Å². The normalized spacial score (nSPS) is 15.4. The van der Waals surface area contributed by atoms with Crippen molar-refractivity contribution in [1.82, 2.24) is 9.88 Å². The standard InChI is InChI=1S/C32H29N3O2S/c36-31(34-27-12-14-30-29(20-27)33-22-38-30)24-11-13-28(23-7-3-1-4-8-23)25(19-24)21-35-17-15-32(37,16-18-35)26-9-5-2-6-10-26/h1-14,19-20,22,37H,15-18,21H2,(H,34,36). The molecule has 6 heteroatoms. The molecule has 0 saturated carbocycles. The van der Waals surface area contributed by atoms with Crippen LogP contribution in [0.5, 0.6) is 0 Å². The van der Waals surface area contributed by atoms with E-state index in [0.717, 1.165) is 51.2 Å². The highest BCUT2D eigenvalue weighted by atomic mass is 32.1. The highest BCUT2D eigenvalue weighted by molar-refractivity contribution is 7.16. The van der Waals surface area contributed by atoms with Crippen LogP contribution in [-0.4, -0.2) is 34.0 Å². The van der Waals surface area contributed by atoms with Crippen LogP contribution in [0.4, 0.5) is 5.69 Å². The van der Waals surface area contributed by atoms with E-state index in [4.69, 9.17) is 0 Å². The van der Waals surface area contributed by atoms with E-state index in [9.17, 15) is 9.90 Å². The summed E-state index contributed by atoms with van der Waals surface area (Å²) in [6, 6.07) is 32.0. The number of rotatable bonds is 6. The molecule has 1 saturated heterocycles. The number of anilines is 1. The largest absolute Gasteiger partial charge is 0.385 e. The fourth-order valence-corrected chi connectivity index (χ4v) is 5.92. The Morgan fingerprint density at radius 2 is 1.66 bits per heavy atom. The number of nitrogens with zero attached hydrogens (tertiary/aromatic N) is 2. The van der Waals surface area contributed by atoms with Gasteiger partial charge < -0.3 is 10.4 Å². The molecule has 190 valence electrons. The van der Waals surface area contributed by atoms with E-state index >= 15 is 0 Å². The van der Waals surface area contributed by atoms with Crippen LogP contribution < -0.4 is 5.32 Å². The predicted octanol–water partition coefficient (Wildman–Crippen LogP) is 6.70. The van der Waals surface area contributed by atoms with Crippen molar-refractivity contribution in [3.63, 3.8) is 0 Å². The zero-order valence-corrected chi connectivity index (χ0v) is 21.8. The molecule has 1 aromatic heterocycles. The van der Waals surface area contributed by atoms with Crippen molar-refractivity contribution < 1.29 is 9.90 Å². The van der Waals surface area contributed by atoms with Crippen LogP contribution in [0.2, 0.25) is 0 Å². The van der Waals surface area contributed by atoms with Crippen LogP contribution >= 0.6 is 11.3 Å². The second-order valence-electron chi connectivity index (χ2n) is 9.90. The fraction of sp³-hybridized carbons (Fsp3) is 0.188. The number of fused-ring (bicyclic) bond motifs is 1. The summed E-state index contributed by atoms with van der Waals surface area (Å²) >= 11 is 1.58. The summed E-state index contributed by atoms with van der Waals surface area (Å²) in [5.74, 6) is -0.141. The van der Waals surface area contributed by atoms with E-state index in [1.807, 2.05) is 90.4 Å². The minimum absolute atomic E-state index is 0.141. The number of piperidine rings is 1. The van der Waals surface area contributed by atoms with Crippen molar-refractivity contribution in [2.45, 2.75) is 25.0 Å². The SMILES string of the molecule is O=C(Nc1ccc2scnc2c1)c1ccc(-c2ccccc2)c(CN2CCC(O)(c3ccccc3)CC2)c1. The molecule has 4 aromatic carbocycles. The lowest BCUT2D eigenvalue weighted by Gasteiger charge is -2.38. The molecule has 1 aliphatic rings. The summed E-state index contributed by atoms with van der Waals surface area (Å²) in [6.07, 6.45) is 1.36. The number of thiazole rings is 1. The van der Waals surface area contributed by atoms with E-state index in [2.05, 4.69) is 27.3 Å². The van der Waals surface area contributed by atoms with Crippen LogP contribution in [0.3, 0.4) is 0 Å². The maximum absolute atomic E-state index is 13.2. The molecule has 38 heavy (non-hydrogen) atoms. The zero-order chi connectivity index (χ0) is 26.0. The van der Waals surface area contributed by atoms with Gasteiger partial charge >= 0.3 is 0 Å². The zero-order valence-electron chi connectivity index (χ0n) is 21.0. The maximum atomic E-state index is 13.2. The monoisotopic (exact) mass is 519 g/mol. The number of carbonyl (C=O) groups excluding carboxylic acids is 1. The van der Waals surface area contributed by atoms with Gasteiger partial charge in [0.1, 0.15) is 0 Å². The van der Waals surface area contributed by atoms with Gasteiger partial charge in [0, 0.05) is 30.9 Å². The summed E-state index contributed by atoms with van der Waals surface area (Å²) in [5.41, 5.74) is 7.59. The molecule has 2 N–H and O–H groups in total. The van der Waals surface area contributed by atoms with Gasteiger partial charge in [-0.3, -0.25) is 9.69 Å². The Hall–Kier alpha value is -3.84. The Balaban J connectivity index is 1.24. The van der Waals surface area contributed by atoms with Gasteiger partial charge in [0.15, 0.2) is 0 Å². The first-order valence-electron chi connectivity index (χ1n) is 12.9. The summed E-state index contributed by atoms with van der Waals surface area (Å²) in [5, 5.41) is 14.3. The number of benzene rings is 4. The summed E-state index contributed by atoms with van der Waals surface area (Å²) in [7, 11) is 0. The second kappa shape index (κ2) is 10.5. The van der Waals surface area contributed by atoms with Gasteiger partial charge in [-0.15, -0.1) is 11.3 Å². The first-order valence-corrected chi connectivity index (χ1v) is 13.8. The second-order valence-corrected chi connectivity index (χ2v) is 10.8. The molecule has 2 heterocycles. The Kier molecular flexibility index (Phi) is 6.77. The molecule has 0 unspecified atom stereocenters. The van der Waals surface area contributed by atoms with Gasteiger partial charge in [0.25, 0.3) is 5.91 Å². The number of hydrogen-bond acceptors (Lipinski definition) is 5. The van der Waals surface area contributed by atoms with Crippen molar-refractivity contribution in [2.75, 3.05) is 18.4 Å². The molecular weight excluding hydrogens is 490 g/mol. The lowest BCUT2D eigenvalue weighted by molar-refractivity contribution is -0.0277. The smallest absolute Gasteiger partial charge is 0.255 e. The van der Waals surface area contributed by atoms with E-state index < -0.39 is 5.60 Å². The molecule has 0 atom stereocenters. The third-order valence-electron chi connectivity index (χ3n) is 7.43. The van der Waals surface area contributed by atoms with E-state index in [0.29, 0.717) is 24.9 Å². The third-order valence-corrected chi connectivity index (χ3v) is 8.24. The number of likely N-dealkylation sites (tertiary alicyclic amines) is 1. The summed E-state index contributed by atoms with van der Waals surface area (Å²) < 4.78 is 1.10. The average Bonchev–Trinajstić information content (AvgIpc) is 3.43. The number of hydrogen-bond donors (Lipinski definition) is 2. The number of aliphatic hydroxyl groups is 1. The van der Waals surface area contributed by atoms with E-state index in [1.165, 1.54) is 0 Å². The number of aromatic nitrogens is 1. The summed E-state index contributed by atoms with van der Waals surface area (Å²) in [6.45, 7) is 2.27. The molecule has 0 radical (unpaired) electrons. The van der Waals surface area contributed by atoms with E-state index in [-0.39, 0.29) is 5.91 Å². The first kappa shape index (κ1) is 24.5. The van der Waals surface area contributed by atoms with Crippen LogP contribution in [0.15, 0.2) is 103 Å². The third kappa shape index (κ3) is 5.11. The molecule has 1 aliphatic heterocycles. The Morgan fingerprint density at radius 3 is 2.42 bits per heavy atom. The molecule has 1 amide bonds. The van der Waals surface area contributed by atoms with Gasteiger partial charge in [-0.05, 0) is 65.4 Å². The minimum atomic E-state index is -0.792. The molecule has 5 nitrogen and oxygen atoms in total. The lowest BCUT2D eigenvalue weighted by Crippen LogP contribution is -2.42. The van der Waals surface area contributed by atoms with Crippen molar-refractivity contribution in [2.24, 2.45) is 0 Å². The molecule has 0 spiro atoms. The van der Waals surface area contributed by atoms with Crippen LogP contribution in [0.1, 0.15) is 34.3 Å². The molecular formula is C32H29N3O2S. The van der Waals surface area contributed by atoms with Gasteiger partial charge in [0.2, 0.25) is 0 Å². The van der Waals surface area contributed by atoms with Crippen LogP contribution in [0, 0.1) is 0 Å². The molecule has 1 fully saturated rings. The average molecular weight is 520 g/mol. The number of amides is 1. The van der Waals surface area contributed by atoms with Gasteiger partial charge in [-0.2, -0.15) is 0 Å². The lowest BCUT2D eigenvalue weighted by atomic mass is 9.84. The molecule has 5 aromatic rings. The van der Waals surface area contributed by atoms with Crippen molar-refractivity contribution >= 4 is 33.1 Å². The topological polar surface area (TPSA) is 65.5 Å². The van der Waals surface area contributed by atoms with Crippen molar-refractivity contribution in [3.05, 3.63) is 119 Å². The van der Waals surface area contributed by atoms with Gasteiger partial charge in [0.05, 0.1) is 21.3 Å². The quantitative estimate of drug-likeness (QED) is 0.262. The Morgan fingerprint density at radius 1 is 0.921 bits per heavy atom. The fourth-order valence-electron chi connectivity index (χ4n) is 5.26. The predicted molar refractivity (Wildman–Crippen MR) is 154 cm³/mol. The summed E-state index contributed by atoms with van der Waals surface area (Å²) in [4.78, 5) is 20.0. The molecule has 0 aliphatic carbocycles. The first-order chi connectivity index (χ1) is 18.6. The highest BCUT2D eigenvalue weighted by Crippen LogP contribution is 2.34. The number of carbonyl (C=O) groups is 1. The Labute approximate surface area is 226 Å². The van der Waals surface area contributed by atoms with E-state index in [1.54, 1.807) is 11.3 Å². The Bertz CT molecular complexity index is 1560. The van der Waals surface area contributed by atoms with Gasteiger partial charge in [-0.25, -0.2) is 4.98 Å². The van der Waals surface area contributed by atoms with Crippen molar-refractivity contribution in [3.8, 4) is 11.1 Å². The molecule has 6 rings (SSSR count). The highest BCUT2D eigenvalue weighted by Gasteiger charge is 2.34.